The molecule has 1 aliphatic rings. The van der Waals surface area contributed by atoms with Crippen LogP contribution in [0.15, 0.2) is 124 Å². The van der Waals surface area contributed by atoms with E-state index >= 15 is 0 Å². The van der Waals surface area contributed by atoms with Gasteiger partial charge < -0.3 is 0 Å². The Hall–Kier alpha value is -3.78. The van der Waals surface area contributed by atoms with E-state index in [-0.39, 0.29) is 22.4 Å². The third kappa shape index (κ3) is 5.55. The lowest BCUT2D eigenvalue weighted by Crippen LogP contribution is -2.33. The molecule has 0 saturated carbocycles. The fourth-order valence-corrected chi connectivity index (χ4v) is 5.44. The second-order valence-electron chi connectivity index (χ2n) is 8.62. The van der Waals surface area contributed by atoms with Crippen molar-refractivity contribution in [1.82, 2.24) is 5.01 Å². The molecule has 0 amide bonds. The van der Waals surface area contributed by atoms with Crippen molar-refractivity contribution in [2.45, 2.75) is 10.8 Å². The van der Waals surface area contributed by atoms with Gasteiger partial charge in [0.05, 0.1) is 17.2 Å². The van der Waals surface area contributed by atoms with Crippen LogP contribution in [0.5, 0.6) is 0 Å². The van der Waals surface area contributed by atoms with Gasteiger partial charge in [-0.2, -0.15) is 13.5 Å². The molecular weight excluding hydrogens is 539 g/mol. The lowest BCUT2D eigenvalue weighted by Gasteiger charge is -2.19. The summed E-state index contributed by atoms with van der Waals surface area (Å²) >= 11 is 12.1. The topological polar surface area (TPSA) is 85.9 Å². The van der Waals surface area contributed by atoms with Crippen molar-refractivity contribution in [1.29, 1.82) is 5.41 Å². The van der Waals surface area contributed by atoms with Gasteiger partial charge in [0.1, 0.15) is 5.71 Å². The maximum atomic E-state index is 13.4. The molecule has 0 spiro atoms. The fourth-order valence-electron chi connectivity index (χ4n) is 4.19. The first-order valence-electron chi connectivity index (χ1n) is 11.7. The predicted octanol–water partition coefficient (Wildman–Crippen LogP) is 6.65. The summed E-state index contributed by atoms with van der Waals surface area (Å²) in [5.74, 6) is -0.263. The zero-order valence-electron chi connectivity index (χ0n) is 20.0. The highest BCUT2D eigenvalue weighted by atomic mass is 35.5. The lowest BCUT2D eigenvalue weighted by molar-refractivity contribution is 0.480. The maximum absolute atomic E-state index is 13.4. The average molecular weight is 561 g/mol. The van der Waals surface area contributed by atoms with Crippen molar-refractivity contribution in [3.63, 3.8) is 0 Å². The number of benzene rings is 4. The van der Waals surface area contributed by atoms with Crippen LogP contribution in [0.4, 0.5) is 0 Å². The number of sulfonamides is 1. The minimum Gasteiger partial charge on any atom is -0.296 e. The van der Waals surface area contributed by atoms with E-state index in [2.05, 4.69) is 4.40 Å². The molecule has 0 aromatic heterocycles. The third-order valence-corrected chi connectivity index (χ3v) is 7.89. The molecule has 1 N–H and O–H groups in total. The molecule has 1 heterocycles. The number of nitrogens with one attached hydrogen (secondary N) is 1. The zero-order chi connectivity index (χ0) is 26.7. The standard InChI is InChI=1S/C29H22Cl2N4O2S/c30-23-13-11-22(12-14-23)28-26(20-7-3-1-4-8-20)19-35(33-28)29(27(32)21-9-5-2-6-10-21)34-38(36,37)25-17-15-24(31)16-18-25/h1-18,26,32H,19H2/b32-27?,34-29+. The van der Waals surface area contributed by atoms with Crippen LogP contribution in [0, 0.1) is 5.41 Å². The summed E-state index contributed by atoms with van der Waals surface area (Å²) in [4.78, 5) is -0.0269. The molecule has 0 fully saturated rings. The minimum atomic E-state index is -4.18. The molecule has 1 atom stereocenters. The van der Waals surface area contributed by atoms with E-state index in [0.29, 0.717) is 22.2 Å². The Morgan fingerprint density at radius 3 is 1.97 bits per heavy atom. The van der Waals surface area contributed by atoms with Crippen molar-refractivity contribution in [2.24, 2.45) is 9.50 Å². The van der Waals surface area contributed by atoms with E-state index in [9.17, 15) is 8.42 Å². The highest BCUT2D eigenvalue weighted by Gasteiger charge is 2.34. The summed E-state index contributed by atoms with van der Waals surface area (Å²) in [6.45, 7) is 0.298. The molecular formula is C29H22Cl2N4O2S. The summed E-state index contributed by atoms with van der Waals surface area (Å²) in [5.41, 5.74) is 3.04. The van der Waals surface area contributed by atoms with Crippen molar-refractivity contribution >= 4 is 50.5 Å². The fraction of sp³-hybridized carbons (Fsp3) is 0.0690. The molecule has 1 aliphatic heterocycles. The van der Waals surface area contributed by atoms with Gasteiger partial charge in [-0.1, -0.05) is 96.0 Å². The van der Waals surface area contributed by atoms with E-state index in [1.807, 2.05) is 48.5 Å². The predicted molar refractivity (Wildman–Crippen MR) is 153 cm³/mol. The van der Waals surface area contributed by atoms with Crippen molar-refractivity contribution in [3.05, 3.63) is 136 Å². The Morgan fingerprint density at radius 2 is 1.37 bits per heavy atom. The molecule has 1 unspecified atom stereocenters. The zero-order valence-corrected chi connectivity index (χ0v) is 22.3. The van der Waals surface area contributed by atoms with Gasteiger partial charge >= 0.3 is 0 Å². The molecule has 0 aliphatic carbocycles. The number of rotatable bonds is 6. The Labute approximate surface area is 231 Å². The van der Waals surface area contributed by atoms with E-state index in [1.165, 1.54) is 29.3 Å². The van der Waals surface area contributed by atoms with Gasteiger partial charge in [-0.25, -0.2) is 5.01 Å². The Kier molecular flexibility index (Phi) is 7.42. The lowest BCUT2D eigenvalue weighted by atomic mass is 9.90. The summed E-state index contributed by atoms with van der Waals surface area (Å²) in [6.07, 6.45) is 0. The summed E-state index contributed by atoms with van der Waals surface area (Å²) in [7, 11) is -4.18. The minimum absolute atomic E-state index is 0.0269. The summed E-state index contributed by atoms with van der Waals surface area (Å²) < 4.78 is 30.9. The van der Waals surface area contributed by atoms with Crippen LogP contribution in [0.3, 0.4) is 0 Å². The molecule has 9 heteroatoms. The van der Waals surface area contributed by atoms with E-state index in [4.69, 9.17) is 33.7 Å². The third-order valence-electron chi connectivity index (χ3n) is 6.10. The first-order chi connectivity index (χ1) is 18.3. The molecule has 0 bridgehead atoms. The Morgan fingerprint density at radius 1 is 0.816 bits per heavy atom. The van der Waals surface area contributed by atoms with Gasteiger partial charge in [0, 0.05) is 21.5 Å². The summed E-state index contributed by atoms with van der Waals surface area (Å²) in [5, 5.41) is 16.3. The van der Waals surface area contributed by atoms with Crippen LogP contribution in [0.25, 0.3) is 0 Å². The first kappa shape index (κ1) is 25.9. The number of hydrazone groups is 1. The normalized spacial score (nSPS) is 15.8. The van der Waals surface area contributed by atoms with E-state index < -0.39 is 10.0 Å². The first-order valence-corrected chi connectivity index (χ1v) is 13.9. The summed E-state index contributed by atoms with van der Waals surface area (Å²) in [6, 6.07) is 31.8. The van der Waals surface area contributed by atoms with Crippen LogP contribution >= 0.6 is 23.2 Å². The van der Waals surface area contributed by atoms with Gasteiger partial charge in [-0.3, -0.25) is 5.41 Å². The van der Waals surface area contributed by atoms with Crippen LogP contribution in [-0.2, 0) is 10.0 Å². The monoisotopic (exact) mass is 560 g/mol. The molecule has 190 valence electrons. The second kappa shape index (κ2) is 10.9. The van der Waals surface area contributed by atoms with Crippen LogP contribution in [0.2, 0.25) is 10.0 Å². The number of amidine groups is 1. The Balaban J connectivity index is 1.64. The molecule has 4 aromatic carbocycles. The van der Waals surface area contributed by atoms with Gasteiger partial charge in [0.25, 0.3) is 10.0 Å². The number of hydrogen-bond donors (Lipinski definition) is 1. The maximum Gasteiger partial charge on any atom is 0.284 e. The van der Waals surface area contributed by atoms with Crippen LogP contribution in [-0.4, -0.2) is 37.2 Å². The van der Waals surface area contributed by atoms with Gasteiger partial charge in [-0.15, -0.1) is 4.40 Å². The van der Waals surface area contributed by atoms with Gasteiger partial charge in [0.2, 0.25) is 0 Å². The van der Waals surface area contributed by atoms with E-state index in [0.717, 1.165) is 16.8 Å². The quantitative estimate of drug-likeness (QED) is 0.211. The molecule has 6 nitrogen and oxygen atoms in total. The van der Waals surface area contributed by atoms with Gasteiger partial charge in [-0.05, 0) is 47.5 Å². The largest absolute Gasteiger partial charge is 0.296 e. The SMILES string of the molecule is N=C(/C(=N\S(=O)(=O)c1ccc(Cl)cc1)N1CC(c2ccccc2)C(c2ccc(Cl)cc2)=N1)c1ccccc1. The molecule has 0 radical (unpaired) electrons. The molecule has 0 saturated heterocycles. The van der Waals surface area contributed by atoms with Crippen LogP contribution in [0.1, 0.15) is 22.6 Å². The smallest absolute Gasteiger partial charge is 0.284 e. The van der Waals surface area contributed by atoms with Crippen molar-refractivity contribution in [3.8, 4) is 0 Å². The van der Waals surface area contributed by atoms with Crippen LogP contribution < -0.4 is 0 Å². The molecule has 4 aromatic rings. The molecule has 38 heavy (non-hydrogen) atoms. The van der Waals surface area contributed by atoms with Crippen molar-refractivity contribution in [2.75, 3.05) is 6.54 Å². The second-order valence-corrected chi connectivity index (χ2v) is 11.1. The van der Waals surface area contributed by atoms with E-state index in [1.54, 1.807) is 36.4 Å². The average Bonchev–Trinajstić information content (AvgIpc) is 3.38. The molecule has 5 rings (SSSR count). The highest BCUT2D eigenvalue weighted by Crippen LogP contribution is 2.30. The Bertz CT molecular complexity index is 1620. The highest BCUT2D eigenvalue weighted by molar-refractivity contribution is 7.90. The number of hydrogen-bond acceptors (Lipinski definition) is 4. The van der Waals surface area contributed by atoms with Gasteiger partial charge in [0.15, 0.2) is 5.84 Å². The number of halogens is 2. The number of nitrogens with zero attached hydrogens (tertiary/aromatic N) is 3. The van der Waals surface area contributed by atoms with Crippen molar-refractivity contribution < 1.29 is 8.42 Å².